The lowest BCUT2D eigenvalue weighted by atomic mass is 9.97. The first kappa shape index (κ1) is 25.0. The first-order chi connectivity index (χ1) is 17.5. The largest absolute Gasteiger partial charge is 0.495 e. The van der Waals surface area contributed by atoms with Crippen molar-refractivity contribution in [3.8, 4) is 5.75 Å². The molecule has 1 atom stereocenters. The second kappa shape index (κ2) is 11.2. The number of benzene rings is 2. The van der Waals surface area contributed by atoms with E-state index in [0.717, 1.165) is 61.7 Å². The molecule has 0 spiro atoms. The fraction of sp³-hybridized carbons (Fsp3) is 0.517. The van der Waals surface area contributed by atoms with Gasteiger partial charge in [-0.3, -0.25) is 4.79 Å². The number of carbonyl (C=O) groups is 1. The van der Waals surface area contributed by atoms with E-state index >= 15 is 0 Å². The lowest BCUT2D eigenvalue weighted by Gasteiger charge is -2.31. The van der Waals surface area contributed by atoms with E-state index in [0.29, 0.717) is 18.4 Å². The number of nitrogens with one attached hydrogen (secondary N) is 1. The molecule has 2 aliphatic heterocycles. The molecule has 2 aliphatic rings. The van der Waals surface area contributed by atoms with Crippen LogP contribution in [0.15, 0.2) is 42.5 Å². The van der Waals surface area contributed by atoms with Gasteiger partial charge in [0, 0.05) is 25.6 Å². The number of aromatic nitrogens is 1. The molecule has 5 rings (SSSR count). The van der Waals surface area contributed by atoms with Gasteiger partial charge < -0.3 is 19.9 Å². The van der Waals surface area contributed by atoms with Gasteiger partial charge in [0.15, 0.2) is 0 Å². The summed E-state index contributed by atoms with van der Waals surface area (Å²) in [5, 5.41) is 4.44. The van der Waals surface area contributed by atoms with Gasteiger partial charge in [0.25, 0.3) is 0 Å². The Bertz CT molecular complexity index is 1150. The third-order valence-corrected chi connectivity index (χ3v) is 8.69. The predicted molar refractivity (Wildman–Crippen MR) is 148 cm³/mol. The first-order valence-electron chi connectivity index (χ1n) is 13.3. The molecule has 0 saturated carbocycles. The molecule has 3 heterocycles. The summed E-state index contributed by atoms with van der Waals surface area (Å²) in [6.45, 7) is 9.94. The molecule has 0 radical (unpaired) electrons. The summed E-state index contributed by atoms with van der Waals surface area (Å²) in [5.74, 6) is 1.87. The number of hydrogen-bond acceptors (Lipinski definition) is 6. The monoisotopic (exact) mass is 506 g/mol. The van der Waals surface area contributed by atoms with E-state index in [4.69, 9.17) is 9.72 Å². The average molecular weight is 507 g/mol. The summed E-state index contributed by atoms with van der Waals surface area (Å²) in [6.07, 6.45) is 3.43. The van der Waals surface area contributed by atoms with Crippen LogP contribution in [0.2, 0.25) is 0 Å². The number of ether oxygens (including phenoxy) is 1. The molecule has 3 aromatic rings. The van der Waals surface area contributed by atoms with Crippen molar-refractivity contribution in [2.45, 2.75) is 44.9 Å². The molecule has 1 aromatic heterocycles. The van der Waals surface area contributed by atoms with Crippen LogP contribution >= 0.6 is 11.3 Å². The minimum absolute atomic E-state index is 0.123. The zero-order valence-corrected chi connectivity index (χ0v) is 22.5. The van der Waals surface area contributed by atoms with Gasteiger partial charge in [-0.05, 0) is 68.6 Å². The molecule has 0 bridgehead atoms. The summed E-state index contributed by atoms with van der Waals surface area (Å²) in [4.78, 5) is 22.9. The Morgan fingerprint density at radius 3 is 2.69 bits per heavy atom. The smallest absolute Gasteiger partial charge is 0.229 e. The zero-order chi connectivity index (χ0) is 25.1. The fourth-order valence-electron chi connectivity index (χ4n) is 5.54. The number of rotatable bonds is 9. The van der Waals surface area contributed by atoms with E-state index in [-0.39, 0.29) is 11.8 Å². The Hall–Kier alpha value is -2.64. The third kappa shape index (κ3) is 5.37. The van der Waals surface area contributed by atoms with Gasteiger partial charge >= 0.3 is 0 Å². The van der Waals surface area contributed by atoms with Crippen molar-refractivity contribution in [1.82, 2.24) is 15.2 Å². The maximum atomic E-state index is 13.0. The number of likely N-dealkylation sites (tertiary alicyclic amines) is 1. The van der Waals surface area contributed by atoms with Crippen LogP contribution in [0.1, 0.15) is 55.5 Å². The van der Waals surface area contributed by atoms with Gasteiger partial charge in [-0.25, -0.2) is 4.98 Å². The Morgan fingerprint density at radius 1 is 1.14 bits per heavy atom. The highest BCUT2D eigenvalue weighted by molar-refractivity contribution is 7.18. The van der Waals surface area contributed by atoms with Gasteiger partial charge in [-0.15, -0.1) is 11.3 Å². The van der Waals surface area contributed by atoms with Crippen LogP contribution in [0.5, 0.6) is 5.75 Å². The van der Waals surface area contributed by atoms with Gasteiger partial charge in [0.2, 0.25) is 5.91 Å². The SMILES string of the molecule is COc1cccc2c1N(CCCN1CCC(c3nc4ccccc4s3)CC1)CC2C(=O)NCC(C)C. The quantitative estimate of drug-likeness (QED) is 0.430. The number of fused-ring (bicyclic) bond motifs is 2. The predicted octanol–water partition coefficient (Wildman–Crippen LogP) is 5.25. The lowest BCUT2D eigenvalue weighted by Crippen LogP contribution is -2.37. The van der Waals surface area contributed by atoms with Crippen molar-refractivity contribution < 1.29 is 9.53 Å². The molecule has 1 fully saturated rings. The average Bonchev–Trinajstić information content (AvgIpc) is 3.50. The van der Waals surface area contributed by atoms with Crippen molar-refractivity contribution in [3.05, 3.63) is 53.0 Å². The van der Waals surface area contributed by atoms with Crippen LogP contribution in [0.25, 0.3) is 10.2 Å². The molecular formula is C29H38N4O2S. The highest BCUT2D eigenvalue weighted by Gasteiger charge is 2.35. The summed E-state index contributed by atoms with van der Waals surface area (Å²) >= 11 is 1.86. The second-order valence-corrected chi connectivity index (χ2v) is 11.6. The number of piperidine rings is 1. The fourth-order valence-corrected chi connectivity index (χ4v) is 6.68. The topological polar surface area (TPSA) is 57.7 Å². The first-order valence-corrected chi connectivity index (χ1v) is 14.1. The van der Waals surface area contributed by atoms with Crippen molar-refractivity contribution in [3.63, 3.8) is 0 Å². The number of carbonyl (C=O) groups excluding carboxylic acids is 1. The van der Waals surface area contributed by atoms with Crippen molar-refractivity contribution in [2.24, 2.45) is 5.92 Å². The maximum Gasteiger partial charge on any atom is 0.229 e. The Balaban J connectivity index is 1.15. The number of nitrogens with zero attached hydrogens (tertiary/aromatic N) is 3. The molecule has 1 N–H and O–H groups in total. The maximum absolute atomic E-state index is 13.0. The molecule has 6 nitrogen and oxygen atoms in total. The van der Waals surface area contributed by atoms with Gasteiger partial charge in [-0.2, -0.15) is 0 Å². The standard InChI is InChI=1S/C29H38N4O2S/c1-20(2)18-30-28(34)23-19-33(27-22(23)8-6-10-25(27)35-3)15-7-14-32-16-12-21(13-17-32)29-31-24-9-4-5-11-26(24)36-29/h4-6,8-11,20-21,23H,7,12-19H2,1-3H3,(H,30,34). The van der Waals surface area contributed by atoms with Crippen LogP contribution in [-0.4, -0.2) is 62.2 Å². The van der Waals surface area contributed by atoms with Crippen molar-refractivity contribution >= 4 is 33.1 Å². The zero-order valence-electron chi connectivity index (χ0n) is 21.7. The Morgan fingerprint density at radius 2 is 1.94 bits per heavy atom. The number of amides is 1. The number of methoxy groups -OCH3 is 1. The van der Waals surface area contributed by atoms with E-state index in [1.54, 1.807) is 7.11 Å². The van der Waals surface area contributed by atoms with E-state index in [1.807, 2.05) is 23.5 Å². The third-order valence-electron chi connectivity index (χ3n) is 7.50. The minimum Gasteiger partial charge on any atom is -0.495 e. The molecule has 2 aromatic carbocycles. The summed E-state index contributed by atoms with van der Waals surface area (Å²) < 4.78 is 7.00. The van der Waals surface area contributed by atoms with Gasteiger partial charge in [0.05, 0.1) is 33.9 Å². The van der Waals surface area contributed by atoms with Crippen molar-refractivity contribution in [2.75, 3.05) is 51.3 Å². The summed E-state index contributed by atoms with van der Waals surface area (Å²) in [6, 6.07) is 14.6. The van der Waals surface area contributed by atoms with Crippen LogP contribution in [0, 0.1) is 5.92 Å². The molecule has 1 saturated heterocycles. The van der Waals surface area contributed by atoms with E-state index in [9.17, 15) is 4.79 Å². The molecular weight excluding hydrogens is 468 g/mol. The van der Waals surface area contributed by atoms with E-state index < -0.39 is 0 Å². The van der Waals surface area contributed by atoms with Crippen molar-refractivity contribution in [1.29, 1.82) is 0 Å². The molecule has 36 heavy (non-hydrogen) atoms. The normalized spacial score (nSPS) is 18.7. The second-order valence-electron chi connectivity index (χ2n) is 10.5. The number of anilines is 1. The highest BCUT2D eigenvalue weighted by atomic mass is 32.1. The van der Waals surface area contributed by atoms with E-state index in [2.05, 4.69) is 59.3 Å². The van der Waals surface area contributed by atoms with Gasteiger partial charge in [0.1, 0.15) is 5.75 Å². The van der Waals surface area contributed by atoms with Crippen LogP contribution in [0.4, 0.5) is 5.69 Å². The molecule has 192 valence electrons. The Kier molecular flexibility index (Phi) is 7.77. The molecule has 1 unspecified atom stereocenters. The highest BCUT2D eigenvalue weighted by Crippen LogP contribution is 2.43. The van der Waals surface area contributed by atoms with Crippen LogP contribution in [0.3, 0.4) is 0 Å². The summed E-state index contributed by atoms with van der Waals surface area (Å²) in [7, 11) is 1.72. The summed E-state index contributed by atoms with van der Waals surface area (Å²) in [5.41, 5.74) is 3.32. The van der Waals surface area contributed by atoms with E-state index in [1.165, 1.54) is 22.5 Å². The molecule has 0 aliphatic carbocycles. The van der Waals surface area contributed by atoms with Crippen LogP contribution < -0.4 is 15.0 Å². The lowest BCUT2D eigenvalue weighted by molar-refractivity contribution is -0.122. The Labute approximate surface area is 218 Å². The van der Waals surface area contributed by atoms with Gasteiger partial charge in [-0.1, -0.05) is 38.1 Å². The van der Waals surface area contributed by atoms with Crippen LogP contribution in [-0.2, 0) is 4.79 Å². The molecule has 7 heteroatoms. The number of hydrogen-bond donors (Lipinski definition) is 1. The molecule has 1 amide bonds. The minimum atomic E-state index is -0.140. The number of para-hydroxylation sites is 2. The number of thiazole rings is 1.